The van der Waals surface area contributed by atoms with E-state index in [4.69, 9.17) is 27.9 Å². The molecule has 1 fully saturated rings. The summed E-state index contributed by atoms with van der Waals surface area (Å²) in [6.07, 6.45) is 0.520. The Labute approximate surface area is 129 Å². The lowest BCUT2D eigenvalue weighted by Crippen LogP contribution is -2.53. The molecule has 1 aromatic rings. The van der Waals surface area contributed by atoms with Crippen molar-refractivity contribution in [2.45, 2.75) is 31.7 Å². The molecule has 0 saturated heterocycles. The highest BCUT2D eigenvalue weighted by atomic mass is 79.9. The van der Waals surface area contributed by atoms with Gasteiger partial charge < -0.3 is 4.74 Å². The van der Waals surface area contributed by atoms with Crippen LogP contribution in [0.25, 0.3) is 0 Å². The summed E-state index contributed by atoms with van der Waals surface area (Å²) in [4.78, 5) is 10.6. The van der Waals surface area contributed by atoms with Crippen LogP contribution in [0.1, 0.15) is 20.3 Å². The number of hydrogen-bond donors (Lipinski definition) is 0. The van der Waals surface area contributed by atoms with E-state index in [0.29, 0.717) is 10.9 Å². The summed E-state index contributed by atoms with van der Waals surface area (Å²) in [5, 5.41) is 11.4. The number of ether oxygens (including phenoxy) is 1. The quantitative estimate of drug-likeness (QED) is 0.437. The van der Waals surface area contributed by atoms with Gasteiger partial charge in [0.25, 0.3) is 0 Å². The third-order valence-corrected chi connectivity index (χ3v) is 5.05. The van der Waals surface area contributed by atoms with Crippen LogP contribution in [0.5, 0.6) is 5.75 Å². The first-order valence-corrected chi connectivity index (χ1v) is 7.28. The Morgan fingerprint density at radius 1 is 1.53 bits per heavy atom. The summed E-state index contributed by atoms with van der Waals surface area (Å²) in [6, 6.07) is 2.86. The molecule has 1 aromatic carbocycles. The highest BCUT2D eigenvalue weighted by Crippen LogP contribution is 2.49. The third kappa shape index (κ3) is 2.69. The van der Waals surface area contributed by atoms with Crippen LogP contribution >= 0.6 is 39.1 Å². The molecule has 0 radical (unpaired) electrons. The number of nitrogens with zero attached hydrogens (tertiary/aromatic N) is 1. The van der Waals surface area contributed by atoms with Crippen molar-refractivity contribution in [3.05, 3.63) is 31.7 Å². The van der Waals surface area contributed by atoms with Gasteiger partial charge in [0.2, 0.25) is 5.75 Å². The lowest BCUT2D eigenvalue weighted by molar-refractivity contribution is -0.386. The smallest absolute Gasteiger partial charge is 0.313 e. The van der Waals surface area contributed by atoms with Crippen LogP contribution < -0.4 is 4.74 Å². The van der Waals surface area contributed by atoms with Gasteiger partial charge in [-0.1, -0.05) is 25.4 Å². The number of rotatable bonds is 3. The average molecular weight is 369 g/mol. The zero-order valence-corrected chi connectivity index (χ0v) is 13.4. The van der Waals surface area contributed by atoms with Gasteiger partial charge in [-0.2, -0.15) is 0 Å². The second-order valence-electron chi connectivity index (χ2n) is 5.12. The van der Waals surface area contributed by atoms with Crippen molar-refractivity contribution in [1.29, 1.82) is 0 Å². The van der Waals surface area contributed by atoms with E-state index in [9.17, 15) is 10.1 Å². The van der Waals surface area contributed by atoms with E-state index in [1.807, 2.05) is 13.8 Å². The van der Waals surface area contributed by atoms with Crippen LogP contribution in [0.3, 0.4) is 0 Å². The molecule has 0 spiro atoms. The van der Waals surface area contributed by atoms with Gasteiger partial charge in [0, 0.05) is 28.3 Å². The van der Waals surface area contributed by atoms with Crippen molar-refractivity contribution in [2.75, 3.05) is 0 Å². The normalized spacial score (nSPS) is 24.7. The molecule has 0 amide bonds. The molecule has 7 heteroatoms. The Morgan fingerprint density at radius 3 is 2.63 bits per heavy atom. The first kappa shape index (κ1) is 14.9. The molecule has 1 saturated carbocycles. The van der Waals surface area contributed by atoms with Crippen LogP contribution in [-0.4, -0.2) is 16.4 Å². The van der Waals surface area contributed by atoms with Crippen molar-refractivity contribution in [3.63, 3.8) is 0 Å². The fraction of sp³-hybridized carbons (Fsp3) is 0.500. The van der Waals surface area contributed by atoms with Crippen molar-refractivity contribution < 1.29 is 9.66 Å². The standard InChI is InChI=1S/C12H12BrCl2NO3/c1-12(2)9(15)5-10(12)19-11-7(13)3-6(14)4-8(11)16(17)18/h3-4,9-10H,5H2,1-2H3. The minimum absolute atomic E-state index is 0.0163. The maximum absolute atomic E-state index is 11.1. The highest BCUT2D eigenvalue weighted by molar-refractivity contribution is 9.10. The summed E-state index contributed by atoms with van der Waals surface area (Å²) in [5.74, 6) is 0.205. The topological polar surface area (TPSA) is 52.4 Å². The molecule has 19 heavy (non-hydrogen) atoms. The predicted molar refractivity (Wildman–Crippen MR) is 78.3 cm³/mol. The number of nitro benzene ring substituents is 1. The first-order chi connectivity index (χ1) is 8.73. The number of halogens is 3. The van der Waals surface area contributed by atoms with Crippen LogP contribution in [0.15, 0.2) is 16.6 Å². The van der Waals surface area contributed by atoms with Gasteiger partial charge >= 0.3 is 5.69 Å². The predicted octanol–water partition coefficient (Wildman–Crippen LogP) is 4.80. The summed E-state index contributed by atoms with van der Waals surface area (Å²) in [5.41, 5.74) is -0.359. The van der Waals surface area contributed by atoms with Crippen molar-refractivity contribution >= 4 is 44.8 Å². The number of nitro groups is 1. The number of hydrogen-bond acceptors (Lipinski definition) is 3. The lowest BCUT2D eigenvalue weighted by Gasteiger charge is -2.48. The lowest BCUT2D eigenvalue weighted by atomic mass is 9.68. The van der Waals surface area contributed by atoms with E-state index in [1.165, 1.54) is 6.07 Å². The zero-order chi connectivity index (χ0) is 14.4. The molecule has 1 aliphatic carbocycles. The van der Waals surface area contributed by atoms with E-state index in [0.717, 1.165) is 0 Å². The summed E-state index contributed by atoms with van der Waals surface area (Å²) >= 11 is 15.2. The molecule has 2 atom stereocenters. The first-order valence-electron chi connectivity index (χ1n) is 5.67. The molecule has 2 unspecified atom stereocenters. The Bertz CT molecular complexity index is 536. The van der Waals surface area contributed by atoms with Crippen LogP contribution in [0, 0.1) is 15.5 Å². The molecule has 0 aliphatic heterocycles. The van der Waals surface area contributed by atoms with Crippen LogP contribution in [0.2, 0.25) is 5.02 Å². The van der Waals surface area contributed by atoms with Gasteiger partial charge in [-0.15, -0.1) is 11.6 Å². The largest absolute Gasteiger partial charge is 0.482 e. The second-order valence-corrected chi connectivity index (χ2v) is 6.94. The van der Waals surface area contributed by atoms with E-state index in [1.54, 1.807) is 6.07 Å². The van der Waals surface area contributed by atoms with Gasteiger partial charge in [0.05, 0.1) is 9.40 Å². The monoisotopic (exact) mass is 367 g/mol. The van der Waals surface area contributed by atoms with E-state index in [-0.39, 0.29) is 33.4 Å². The molecule has 104 valence electrons. The second kappa shape index (κ2) is 5.11. The minimum atomic E-state index is -0.504. The van der Waals surface area contributed by atoms with Gasteiger partial charge in [0.15, 0.2) is 0 Å². The van der Waals surface area contributed by atoms with Gasteiger partial charge in [-0.3, -0.25) is 10.1 Å². The van der Waals surface area contributed by atoms with Crippen LogP contribution in [0.4, 0.5) is 5.69 Å². The Hall–Kier alpha value is -0.520. The molecule has 0 N–H and O–H groups in total. The maximum atomic E-state index is 11.1. The van der Waals surface area contributed by atoms with Gasteiger partial charge in [0.1, 0.15) is 6.10 Å². The van der Waals surface area contributed by atoms with Crippen LogP contribution in [-0.2, 0) is 0 Å². The molecular formula is C12H12BrCl2NO3. The van der Waals surface area contributed by atoms with Crippen molar-refractivity contribution in [3.8, 4) is 5.75 Å². The third-order valence-electron chi connectivity index (χ3n) is 3.50. The fourth-order valence-electron chi connectivity index (χ4n) is 1.98. The molecule has 0 aromatic heterocycles. The summed E-state index contributed by atoms with van der Waals surface area (Å²) in [6.45, 7) is 3.96. The zero-order valence-electron chi connectivity index (χ0n) is 10.3. The highest BCUT2D eigenvalue weighted by Gasteiger charge is 2.49. The van der Waals surface area contributed by atoms with Gasteiger partial charge in [-0.25, -0.2) is 0 Å². The SMILES string of the molecule is CC1(C)C(Cl)CC1Oc1c(Br)cc(Cl)cc1[N+](=O)[O-]. The minimum Gasteiger partial charge on any atom is -0.482 e. The molecule has 1 aliphatic rings. The molecule has 4 nitrogen and oxygen atoms in total. The van der Waals surface area contributed by atoms with E-state index in [2.05, 4.69) is 15.9 Å². The average Bonchev–Trinajstić information content (AvgIpc) is 2.30. The molecule has 0 bridgehead atoms. The van der Waals surface area contributed by atoms with E-state index < -0.39 is 4.92 Å². The number of alkyl halides is 1. The molecule has 0 heterocycles. The fourth-order valence-corrected chi connectivity index (χ4v) is 3.17. The molecular weight excluding hydrogens is 357 g/mol. The summed E-state index contributed by atoms with van der Waals surface area (Å²) < 4.78 is 6.26. The Kier molecular flexibility index (Phi) is 4.00. The summed E-state index contributed by atoms with van der Waals surface area (Å²) in [7, 11) is 0. The maximum Gasteiger partial charge on any atom is 0.313 e. The van der Waals surface area contributed by atoms with Crippen molar-refractivity contribution in [1.82, 2.24) is 0 Å². The van der Waals surface area contributed by atoms with E-state index >= 15 is 0 Å². The molecule has 2 rings (SSSR count). The van der Waals surface area contributed by atoms with Crippen molar-refractivity contribution in [2.24, 2.45) is 5.41 Å². The Balaban J connectivity index is 2.33. The number of benzene rings is 1. The van der Waals surface area contributed by atoms with Gasteiger partial charge in [-0.05, 0) is 22.0 Å². The Morgan fingerprint density at radius 2 is 2.16 bits per heavy atom.